The third kappa shape index (κ3) is 3.20. The molecule has 1 aliphatic rings. The Morgan fingerprint density at radius 1 is 0.700 bits per heavy atom. The van der Waals surface area contributed by atoms with Crippen molar-refractivity contribution in [3.05, 3.63) is 120 Å². The Kier molecular flexibility index (Phi) is 4.59. The van der Waals surface area contributed by atoms with E-state index in [0.29, 0.717) is 0 Å². The van der Waals surface area contributed by atoms with Crippen molar-refractivity contribution in [2.45, 2.75) is 45.4 Å². The van der Waals surface area contributed by atoms with Crippen molar-refractivity contribution in [2.75, 3.05) is 0 Å². The van der Waals surface area contributed by atoms with E-state index in [2.05, 4.69) is 137 Å². The second-order valence-corrected chi connectivity index (χ2v) is 13.0. The molecule has 2 nitrogen and oxygen atoms in total. The first-order valence-corrected chi connectivity index (χ1v) is 14.2. The highest BCUT2D eigenvalue weighted by Crippen LogP contribution is 2.54. The van der Waals surface area contributed by atoms with Crippen molar-refractivity contribution >= 4 is 32.3 Å². The molecule has 2 aromatic heterocycles. The van der Waals surface area contributed by atoms with Crippen LogP contribution in [0, 0.1) is 0 Å². The number of rotatable bonds is 2. The average Bonchev–Trinajstić information content (AvgIpc) is 3.56. The molecule has 40 heavy (non-hydrogen) atoms. The zero-order valence-electron chi connectivity index (χ0n) is 23.7. The summed E-state index contributed by atoms with van der Waals surface area (Å²) in [6.07, 6.45) is 6.06. The van der Waals surface area contributed by atoms with E-state index in [4.69, 9.17) is 4.98 Å². The first kappa shape index (κ1) is 23.5. The van der Waals surface area contributed by atoms with Crippen molar-refractivity contribution in [1.29, 1.82) is 0 Å². The Balaban J connectivity index is 1.35. The fraction of sp³-hybridized carbons (Fsp3) is 0.184. The lowest BCUT2D eigenvalue weighted by Gasteiger charge is -2.24. The molecule has 0 aliphatic heterocycles. The topological polar surface area (TPSA) is 17.8 Å². The molecule has 7 aromatic rings. The van der Waals surface area contributed by atoms with Crippen LogP contribution in [0.4, 0.5) is 0 Å². The maximum absolute atomic E-state index is 4.76. The average molecular weight is 517 g/mol. The van der Waals surface area contributed by atoms with Crippen LogP contribution in [0.1, 0.15) is 51.3 Å². The summed E-state index contributed by atoms with van der Waals surface area (Å²) in [5.74, 6) is 0. The monoisotopic (exact) mass is 516 g/mol. The Hall–Kier alpha value is -4.43. The summed E-state index contributed by atoms with van der Waals surface area (Å²) < 4.78 is 2.13. The molecule has 1 aliphatic carbocycles. The normalized spacial score (nSPS) is 14.3. The third-order valence-electron chi connectivity index (χ3n) is 9.16. The smallest absolute Gasteiger partial charge is 0.0722 e. The van der Waals surface area contributed by atoms with Gasteiger partial charge in [-0.3, -0.25) is 4.98 Å². The van der Waals surface area contributed by atoms with Gasteiger partial charge in [0.25, 0.3) is 0 Å². The Morgan fingerprint density at radius 2 is 1.40 bits per heavy atom. The number of benzene rings is 5. The highest BCUT2D eigenvalue weighted by molar-refractivity contribution is 6.26. The summed E-state index contributed by atoms with van der Waals surface area (Å²) in [7, 11) is 0. The minimum atomic E-state index is -0.109. The molecule has 5 aromatic carbocycles. The quantitative estimate of drug-likeness (QED) is 0.209. The number of nitrogens with zero attached hydrogens (tertiary/aromatic N) is 2. The van der Waals surface area contributed by atoms with Crippen LogP contribution in [0.3, 0.4) is 0 Å². The van der Waals surface area contributed by atoms with Crippen molar-refractivity contribution in [1.82, 2.24) is 9.55 Å². The number of hydrogen-bond donors (Lipinski definition) is 0. The van der Waals surface area contributed by atoms with Crippen molar-refractivity contribution in [3.63, 3.8) is 0 Å². The van der Waals surface area contributed by atoms with Gasteiger partial charge in [-0.25, -0.2) is 0 Å². The molecule has 0 radical (unpaired) electrons. The van der Waals surface area contributed by atoms with Crippen LogP contribution in [0.15, 0.2) is 104 Å². The highest BCUT2D eigenvalue weighted by atomic mass is 14.9. The van der Waals surface area contributed by atoms with Crippen LogP contribution in [-0.2, 0) is 10.8 Å². The summed E-state index contributed by atoms with van der Waals surface area (Å²) in [4.78, 5) is 4.76. The fourth-order valence-electron chi connectivity index (χ4n) is 6.94. The summed E-state index contributed by atoms with van der Waals surface area (Å²) >= 11 is 0. The van der Waals surface area contributed by atoms with Crippen molar-refractivity contribution in [2.24, 2.45) is 0 Å². The minimum absolute atomic E-state index is 0.109. The SMILES string of the molecule is CC(C)(C)c1cc2ccc3cc4c(c5ccc(c1)c2c35)-c1ccc(-c2cc(-n3cccc3)ccn2)cc1C4(C)C. The Morgan fingerprint density at radius 3 is 2.12 bits per heavy atom. The first-order chi connectivity index (χ1) is 19.2. The molecule has 8 rings (SSSR count). The fourth-order valence-corrected chi connectivity index (χ4v) is 6.94. The van der Waals surface area contributed by atoms with Crippen molar-refractivity contribution in [3.8, 4) is 28.1 Å². The van der Waals surface area contributed by atoms with Gasteiger partial charge in [0.2, 0.25) is 0 Å². The lowest BCUT2D eigenvalue weighted by molar-refractivity contribution is 0.591. The van der Waals surface area contributed by atoms with Gasteiger partial charge in [-0.05, 0) is 102 Å². The van der Waals surface area contributed by atoms with Crippen LogP contribution in [0.5, 0.6) is 0 Å². The van der Waals surface area contributed by atoms with Gasteiger partial charge in [0.05, 0.1) is 5.69 Å². The first-order valence-electron chi connectivity index (χ1n) is 14.2. The van der Waals surface area contributed by atoms with Gasteiger partial charge in [-0.2, -0.15) is 0 Å². The molecule has 2 heterocycles. The van der Waals surface area contributed by atoms with Crippen molar-refractivity contribution < 1.29 is 0 Å². The number of aromatic nitrogens is 2. The molecule has 0 atom stereocenters. The standard InChI is InChI=1S/C38H32N2/c1-37(2,3)27-18-24-8-9-26-21-32-36(30-13-11-25(19-27)34(24)35(26)30)29-12-10-23(20-31(29)38(32,4)5)33-22-28(14-15-39-33)40-16-6-7-17-40/h6-22H,1-5H3. The predicted molar refractivity (Wildman–Crippen MR) is 169 cm³/mol. The van der Waals surface area contributed by atoms with Gasteiger partial charge < -0.3 is 4.57 Å². The molecule has 0 fully saturated rings. The van der Waals surface area contributed by atoms with E-state index in [1.54, 1.807) is 0 Å². The zero-order valence-corrected chi connectivity index (χ0v) is 23.7. The predicted octanol–water partition coefficient (Wildman–Crippen LogP) is 10.0. The second-order valence-electron chi connectivity index (χ2n) is 13.0. The lowest BCUT2D eigenvalue weighted by atomic mass is 9.79. The summed E-state index contributed by atoms with van der Waals surface area (Å²) in [6, 6.07) is 31.9. The van der Waals surface area contributed by atoms with E-state index >= 15 is 0 Å². The largest absolute Gasteiger partial charge is 0.324 e. The Labute approximate surface area is 235 Å². The van der Waals surface area contributed by atoms with E-state index < -0.39 is 0 Å². The van der Waals surface area contributed by atoms with Gasteiger partial charge in [0.15, 0.2) is 0 Å². The van der Waals surface area contributed by atoms with Gasteiger partial charge in [0.1, 0.15) is 0 Å². The molecule has 0 spiro atoms. The Bertz CT molecular complexity index is 2080. The minimum Gasteiger partial charge on any atom is -0.324 e. The molecule has 0 amide bonds. The number of fused-ring (bicyclic) bond motifs is 4. The highest BCUT2D eigenvalue weighted by Gasteiger charge is 2.37. The molecular formula is C38H32N2. The summed E-state index contributed by atoms with van der Waals surface area (Å²) in [5, 5.41) is 8.14. The maximum Gasteiger partial charge on any atom is 0.0722 e. The molecule has 0 bridgehead atoms. The maximum atomic E-state index is 4.76. The van der Waals surface area contributed by atoms with Crippen LogP contribution in [-0.4, -0.2) is 9.55 Å². The molecule has 194 valence electrons. The van der Waals surface area contributed by atoms with Gasteiger partial charge >= 0.3 is 0 Å². The van der Waals surface area contributed by atoms with Crippen LogP contribution in [0.25, 0.3) is 60.4 Å². The summed E-state index contributed by atoms with van der Waals surface area (Å²) in [5.41, 5.74) is 10.2. The number of pyridine rings is 1. The molecule has 0 saturated carbocycles. The lowest BCUT2D eigenvalue weighted by Crippen LogP contribution is -2.15. The molecule has 2 heteroatoms. The second kappa shape index (κ2) is 7.82. The summed E-state index contributed by atoms with van der Waals surface area (Å²) in [6.45, 7) is 11.6. The van der Waals surface area contributed by atoms with E-state index in [1.807, 2.05) is 6.20 Å². The van der Waals surface area contributed by atoms with Crippen LogP contribution < -0.4 is 0 Å². The van der Waals surface area contributed by atoms with Gasteiger partial charge in [-0.15, -0.1) is 0 Å². The van der Waals surface area contributed by atoms with E-state index in [9.17, 15) is 0 Å². The van der Waals surface area contributed by atoms with Crippen LogP contribution in [0.2, 0.25) is 0 Å². The van der Waals surface area contributed by atoms with E-state index in [0.717, 1.165) is 16.9 Å². The van der Waals surface area contributed by atoms with E-state index in [1.165, 1.54) is 60.1 Å². The van der Waals surface area contributed by atoms with Crippen LogP contribution >= 0.6 is 0 Å². The molecular weight excluding hydrogens is 484 g/mol. The molecule has 0 saturated heterocycles. The zero-order chi connectivity index (χ0) is 27.4. The van der Waals surface area contributed by atoms with Gasteiger partial charge in [0, 0.05) is 35.3 Å². The van der Waals surface area contributed by atoms with Gasteiger partial charge in [-0.1, -0.05) is 83.1 Å². The molecule has 0 N–H and O–H groups in total. The molecule has 0 unspecified atom stereocenters. The van der Waals surface area contributed by atoms with E-state index in [-0.39, 0.29) is 10.8 Å². The third-order valence-corrected chi connectivity index (χ3v) is 9.16. The number of hydrogen-bond acceptors (Lipinski definition) is 1.